The molecule has 96 valence electrons. The van der Waals surface area contributed by atoms with Crippen molar-refractivity contribution >= 4 is 323 Å². The topological polar surface area (TPSA) is 277 Å². The molecule has 0 aliphatic rings. The van der Waals surface area contributed by atoms with Gasteiger partial charge in [-0.05, 0) is 0 Å². The molecule has 0 radical (unpaired) electrons. The van der Waals surface area contributed by atoms with Gasteiger partial charge < -0.3 is 60.3 Å². The first-order valence-electron chi connectivity index (χ1n) is 2.83. The molecule has 0 spiro atoms. The molecule has 0 saturated heterocycles. The van der Waals surface area contributed by atoms with Gasteiger partial charge in [-0.1, -0.05) is 0 Å². The molecule has 0 aromatic rings. The van der Waals surface area contributed by atoms with E-state index in [9.17, 15) is 0 Å². The van der Waals surface area contributed by atoms with E-state index in [1.807, 2.05) is 0 Å². The second kappa shape index (κ2) is 57.3. The monoisotopic (exact) mass is 1060 g/mol. The molecule has 22 heavy (non-hydrogen) atoms. The Morgan fingerprint density at radius 3 is 0.227 bits per heavy atom. The summed E-state index contributed by atoms with van der Waals surface area (Å²) in [7, 11) is -11.7. The zero-order chi connectivity index (χ0) is 14.3. The average Bonchev–Trinajstić information content (AvgIpc) is 1.76. The number of hydrogen-bond donors (Lipinski definition) is 0. The zero-order valence-electron chi connectivity index (χ0n) is 11.5. The average molecular weight is 1060 g/mol. The van der Waals surface area contributed by atoms with E-state index >= 15 is 0 Å². The molecule has 0 aliphatic heterocycles. The summed E-state index contributed by atoms with van der Waals surface area (Å²) < 4.78 is 0. The summed E-state index contributed by atoms with van der Waals surface area (Å²) in [5, 5.41) is 101. The van der Waals surface area contributed by atoms with E-state index < -0.39 is 29.3 Å². The van der Waals surface area contributed by atoms with E-state index in [1.54, 1.807) is 0 Å². The molecule has 12 nitrogen and oxygen atoms in total. The fourth-order valence-electron chi connectivity index (χ4n) is 0. The molecule has 0 heterocycles. The standard InChI is InChI=1S/4BO3.6Ba/c4*2-1(3)4;;;;;;/q4*-3;6*+2. The van der Waals surface area contributed by atoms with E-state index in [1.165, 1.54) is 0 Å². The van der Waals surface area contributed by atoms with Crippen molar-refractivity contribution in [3.8, 4) is 0 Å². The van der Waals surface area contributed by atoms with Gasteiger partial charge in [-0.2, -0.15) is 0 Å². The van der Waals surface area contributed by atoms with Crippen LogP contribution in [-0.4, -0.2) is 323 Å². The van der Waals surface area contributed by atoms with Crippen LogP contribution in [0.15, 0.2) is 0 Å². The maximum atomic E-state index is 8.42. The number of hydrogen-bond acceptors (Lipinski definition) is 12. The van der Waals surface area contributed by atoms with Gasteiger partial charge in [-0.3, -0.25) is 29.3 Å². The molecule has 0 amide bonds. The van der Waals surface area contributed by atoms with Crippen molar-refractivity contribution in [1.29, 1.82) is 0 Å². The summed E-state index contributed by atoms with van der Waals surface area (Å²) in [5.74, 6) is 0. The molecule has 0 aromatic carbocycles. The SMILES string of the molecule is [Ba+2].[Ba+2].[Ba+2].[Ba+2].[Ba+2].[Ba+2].[O-]B([O-])[O-].[O-]B([O-])[O-].[O-]B([O-])[O-].[O-]B([O-])[O-]. The van der Waals surface area contributed by atoms with Crippen LogP contribution in [0.3, 0.4) is 0 Å². The van der Waals surface area contributed by atoms with Crippen molar-refractivity contribution in [2.75, 3.05) is 0 Å². The minimum absolute atomic E-state index is 0. The molecule has 0 atom stereocenters. The fraction of sp³-hybridized carbons (Fsp3) is 0. The molecule has 0 N–H and O–H groups in total. The summed E-state index contributed by atoms with van der Waals surface area (Å²) in [6, 6.07) is 0. The third-order valence-electron chi connectivity index (χ3n) is 0. The maximum absolute atomic E-state index is 8.42. The largest absolute Gasteiger partial charge is 2.00 e. The van der Waals surface area contributed by atoms with Crippen LogP contribution in [0.2, 0.25) is 0 Å². The molecule has 0 fully saturated rings. The van der Waals surface area contributed by atoms with Crippen molar-refractivity contribution in [3.05, 3.63) is 0 Å². The molecule has 0 aromatic heterocycles. The van der Waals surface area contributed by atoms with Crippen LogP contribution in [0.1, 0.15) is 0 Å². The third kappa shape index (κ3) is 274. The molecular formula is B4Ba6O12. The molecule has 0 unspecified atom stereocenters. The van der Waals surface area contributed by atoms with Gasteiger partial charge in [0.1, 0.15) is 0 Å². The molecule has 22 heteroatoms. The first-order valence-corrected chi connectivity index (χ1v) is 2.83. The van der Waals surface area contributed by atoms with Crippen molar-refractivity contribution in [1.82, 2.24) is 0 Å². The van der Waals surface area contributed by atoms with Gasteiger partial charge in [0.05, 0.1) is 0 Å². The van der Waals surface area contributed by atoms with Gasteiger partial charge >= 0.3 is 293 Å². The van der Waals surface area contributed by atoms with Crippen molar-refractivity contribution in [3.63, 3.8) is 0 Å². The fourth-order valence-corrected chi connectivity index (χ4v) is 0. The Hall–Kier alpha value is 9.21. The van der Waals surface area contributed by atoms with Crippen LogP contribution < -0.4 is 60.3 Å². The Morgan fingerprint density at radius 2 is 0.227 bits per heavy atom. The van der Waals surface area contributed by atoms with E-state index in [2.05, 4.69) is 0 Å². The van der Waals surface area contributed by atoms with Gasteiger partial charge in [0.25, 0.3) is 0 Å². The van der Waals surface area contributed by atoms with E-state index in [0.29, 0.717) is 0 Å². The van der Waals surface area contributed by atoms with Crippen molar-refractivity contribution in [2.24, 2.45) is 0 Å². The Morgan fingerprint density at radius 1 is 0.227 bits per heavy atom. The molecular weight excluding hydrogens is 1060 g/mol. The molecule has 0 aliphatic carbocycles. The first-order chi connectivity index (χ1) is 6.93. The summed E-state index contributed by atoms with van der Waals surface area (Å²) in [6.45, 7) is 0. The minimum Gasteiger partial charge on any atom is -0.907 e. The first kappa shape index (κ1) is 63.3. The van der Waals surface area contributed by atoms with E-state index in [-0.39, 0.29) is 293 Å². The van der Waals surface area contributed by atoms with E-state index in [0.717, 1.165) is 0 Å². The van der Waals surface area contributed by atoms with E-state index in [4.69, 9.17) is 60.3 Å². The predicted octanol–water partition coefficient (Wildman–Crippen LogP) is -18.1. The Kier molecular flexibility index (Phi) is 165. The van der Waals surface area contributed by atoms with Gasteiger partial charge in [0.2, 0.25) is 0 Å². The van der Waals surface area contributed by atoms with Crippen LogP contribution in [0.25, 0.3) is 0 Å². The van der Waals surface area contributed by atoms with Crippen LogP contribution in [0, 0.1) is 0 Å². The second-order valence-electron chi connectivity index (χ2n) is 1.15. The number of rotatable bonds is 0. The van der Waals surface area contributed by atoms with Crippen molar-refractivity contribution in [2.45, 2.75) is 0 Å². The second-order valence-corrected chi connectivity index (χ2v) is 1.15. The summed E-state index contributed by atoms with van der Waals surface area (Å²) >= 11 is 0. The zero-order valence-corrected chi connectivity index (χ0v) is 38.1. The van der Waals surface area contributed by atoms with Gasteiger partial charge in [0, 0.05) is 0 Å². The predicted molar refractivity (Wildman–Crippen MR) is 57.5 cm³/mol. The quantitative estimate of drug-likeness (QED) is 0.205. The molecule has 0 saturated carbocycles. The molecule has 0 bridgehead atoms. The van der Waals surface area contributed by atoms with Gasteiger partial charge in [-0.25, -0.2) is 0 Å². The normalized spacial score (nSPS) is 4.91. The van der Waals surface area contributed by atoms with Crippen LogP contribution >= 0.6 is 0 Å². The third-order valence-corrected chi connectivity index (χ3v) is 0. The van der Waals surface area contributed by atoms with Crippen LogP contribution in [-0.2, 0) is 0 Å². The van der Waals surface area contributed by atoms with Crippen LogP contribution in [0.5, 0.6) is 0 Å². The summed E-state index contributed by atoms with van der Waals surface area (Å²) in [6.07, 6.45) is 0. The van der Waals surface area contributed by atoms with Gasteiger partial charge in [0.15, 0.2) is 0 Å². The van der Waals surface area contributed by atoms with Crippen LogP contribution in [0.4, 0.5) is 0 Å². The maximum Gasteiger partial charge on any atom is 2.00 e. The Bertz CT molecular complexity index is 74.6. The summed E-state index contributed by atoms with van der Waals surface area (Å²) in [5.41, 5.74) is 0. The molecule has 0 rings (SSSR count). The minimum atomic E-state index is -2.92. The Balaban J connectivity index is -0.00000001000. The van der Waals surface area contributed by atoms with Gasteiger partial charge in [-0.15, -0.1) is 0 Å². The smallest absolute Gasteiger partial charge is 0.907 e. The summed E-state index contributed by atoms with van der Waals surface area (Å²) in [4.78, 5) is 0. The Labute approximate surface area is 370 Å². The van der Waals surface area contributed by atoms with Crippen molar-refractivity contribution < 1.29 is 60.3 Å².